The van der Waals surface area contributed by atoms with E-state index in [1.165, 1.54) is 4.88 Å². The fraction of sp³-hybridized carbons (Fsp3) is 0.267. The van der Waals surface area contributed by atoms with Crippen LogP contribution < -0.4 is 10.6 Å². The predicted molar refractivity (Wildman–Crippen MR) is 88.2 cm³/mol. The van der Waals surface area contributed by atoms with Gasteiger partial charge in [0.1, 0.15) is 0 Å². The number of halogens is 1. The molecule has 0 radical (unpaired) electrons. The highest BCUT2D eigenvalue weighted by Gasteiger charge is 2.19. The van der Waals surface area contributed by atoms with Crippen molar-refractivity contribution in [2.24, 2.45) is 5.92 Å². The summed E-state index contributed by atoms with van der Waals surface area (Å²) in [4.78, 5) is 13.3. The molecule has 0 aliphatic rings. The van der Waals surface area contributed by atoms with Gasteiger partial charge < -0.3 is 10.6 Å². The Morgan fingerprint density at radius 2 is 1.95 bits per heavy atom. The zero-order valence-corrected chi connectivity index (χ0v) is 13.8. The summed E-state index contributed by atoms with van der Waals surface area (Å²) in [5.41, 5.74) is 0.763. The summed E-state index contributed by atoms with van der Waals surface area (Å²) >= 11 is 5.08. The second-order valence-corrected chi connectivity index (χ2v) is 6.65. The minimum atomic E-state index is -0.191. The van der Waals surface area contributed by atoms with Crippen molar-refractivity contribution in [1.82, 2.24) is 5.32 Å². The average Bonchev–Trinajstić information content (AvgIpc) is 2.92. The van der Waals surface area contributed by atoms with Gasteiger partial charge in [0.15, 0.2) is 0 Å². The van der Waals surface area contributed by atoms with Gasteiger partial charge in [0.05, 0.1) is 11.7 Å². The van der Waals surface area contributed by atoms with Crippen molar-refractivity contribution in [2.75, 3.05) is 5.32 Å². The van der Waals surface area contributed by atoms with Crippen LogP contribution in [0, 0.1) is 5.92 Å². The third-order valence-electron chi connectivity index (χ3n) is 2.93. The number of hydrogen-bond acceptors (Lipinski definition) is 2. The summed E-state index contributed by atoms with van der Waals surface area (Å²) in [6.07, 6.45) is 0. The molecule has 0 aliphatic heterocycles. The minimum absolute atomic E-state index is 0.0255. The first-order valence-electron chi connectivity index (χ1n) is 6.43. The number of carbonyl (C=O) groups excluding carboxylic acids is 1. The molecule has 2 aromatic rings. The van der Waals surface area contributed by atoms with Crippen LogP contribution in [-0.2, 0) is 0 Å². The number of nitrogens with one attached hydrogen (secondary N) is 2. The minimum Gasteiger partial charge on any atom is -0.330 e. The Bertz CT molecular complexity index is 569. The first-order chi connectivity index (χ1) is 9.58. The lowest BCUT2D eigenvalue weighted by Crippen LogP contribution is -2.34. The lowest BCUT2D eigenvalue weighted by Gasteiger charge is -2.21. The number of benzene rings is 1. The van der Waals surface area contributed by atoms with Crippen molar-refractivity contribution in [3.05, 3.63) is 51.1 Å². The molecular weight excluding hydrogens is 336 g/mol. The maximum atomic E-state index is 12.1. The molecule has 0 spiro atoms. The van der Waals surface area contributed by atoms with Gasteiger partial charge in [0.25, 0.3) is 0 Å². The van der Waals surface area contributed by atoms with Crippen LogP contribution in [0.25, 0.3) is 0 Å². The monoisotopic (exact) mass is 352 g/mol. The van der Waals surface area contributed by atoms with Gasteiger partial charge >= 0.3 is 6.03 Å². The van der Waals surface area contributed by atoms with Crippen LogP contribution in [0.4, 0.5) is 10.5 Å². The Balaban J connectivity index is 2.05. The van der Waals surface area contributed by atoms with Crippen molar-refractivity contribution < 1.29 is 4.79 Å². The molecule has 106 valence electrons. The lowest BCUT2D eigenvalue weighted by molar-refractivity contribution is 0.245. The molecule has 2 amide bonds. The zero-order chi connectivity index (χ0) is 14.5. The van der Waals surface area contributed by atoms with Crippen LogP contribution >= 0.6 is 27.3 Å². The molecule has 0 fully saturated rings. The van der Waals surface area contributed by atoms with Crippen LogP contribution in [0.15, 0.2) is 46.3 Å². The summed E-state index contributed by atoms with van der Waals surface area (Å²) in [5, 5.41) is 7.93. The van der Waals surface area contributed by atoms with Gasteiger partial charge in [-0.05, 0) is 45.4 Å². The van der Waals surface area contributed by atoms with Gasteiger partial charge in [0, 0.05) is 9.35 Å². The molecule has 5 heteroatoms. The van der Waals surface area contributed by atoms with Crippen molar-refractivity contribution in [1.29, 1.82) is 0 Å². The standard InChI is InChI=1S/C15H17BrN2OS/c1-10(2)14(13-8-5-9-20-13)18-15(19)17-12-7-4-3-6-11(12)16/h3-10,14H,1-2H3,(H2,17,18,19). The van der Waals surface area contributed by atoms with Crippen molar-refractivity contribution in [2.45, 2.75) is 19.9 Å². The molecule has 3 nitrogen and oxygen atoms in total. The molecule has 1 heterocycles. The van der Waals surface area contributed by atoms with Crippen LogP contribution in [0.1, 0.15) is 24.8 Å². The number of rotatable bonds is 4. The Kier molecular flexibility index (Phi) is 5.20. The fourth-order valence-corrected chi connectivity index (χ4v) is 3.23. The Morgan fingerprint density at radius 3 is 2.55 bits per heavy atom. The zero-order valence-electron chi connectivity index (χ0n) is 11.4. The highest BCUT2D eigenvalue weighted by atomic mass is 79.9. The van der Waals surface area contributed by atoms with Crippen molar-refractivity contribution in [3.63, 3.8) is 0 Å². The smallest absolute Gasteiger partial charge is 0.319 e. The van der Waals surface area contributed by atoms with Crippen LogP contribution in [0.5, 0.6) is 0 Å². The van der Waals surface area contributed by atoms with Gasteiger partial charge in [-0.1, -0.05) is 32.0 Å². The van der Waals surface area contributed by atoms with Gasteiger partial charge in [-0.25, -0.2) is 4.79 Å². The molecule has 2 N–H and O–H groups in total. The summed E-state index contributed by atoms with van der Waals surface area (Å²) in [6, 6.07) is 11.4. The Morgan fingerprint density at radius 1 is 1.20 bits per heavy atom. The van der Waals surface area contributed by atoms with E-state index in [0.717, 1.165) is 10.2 Å². The van der Waals surface area contributed by atoms with Crippen molar-refractivity contribution in [3.8, 4) is 0 Å². The molecule has 20 heavy (non-hydrogen) atoms. The highest BCUT2D eigenvalue weighted by molar-refractivity contribution is 9.10. The van der Waals surface area contributed by atoms with E-state index in [9.17, 15) is 4.79 Å². The van der Waals surface area contributed by atoms with E-state index < -0.39 is 0 Å². The quantitative estimate of drug-likeness (QED) is 0.795. The Hall–Kier alpha value is -1.33. The molecular formula is C15H17BrN2OS. The normalized spacial score (nSPS) is 12.2. The molecule has 1 aromatic heterocycles. The van der Waals surface area contributed by atoms with Crippen LogP contribution in [-0.4, -0.2) is 6.03 Å². The fourth-order valence-electron chi connectivity index (χ4n) is 1.90. The number of anilines is 1. The van der Waals surface area contributed by atoms with Crippen molar-refractivity contribution >= 4 is 39.0 Å². The van der Waals surface area contributed by atoms with Crippen LogP contribution in [0.2, 0.25) is 0 Å². The summed E-state index contributed by atoms with van der Waals surface area (Å²) in [6.45, 7) is 4.20. The number of hydrogen-bond donors (Lipinski definition) is 2. The van der Waals surface area contributed by atoms with E-state index >= 15 is 0 Å². The number of urea groups is 1. The summed E-state index contributed by atoms with van der Waals surface area (Å²) in [7, 11) is 0. The molecule has 0 saturated carbocycles. The highest BCUT2D eigenvalue weighted by Crippen LogP contribution is 2.26. The second-order valence-electron chi connectivity index (χ2n) is 4.82. The van der Waals surface area contributed by atoms with E-state index in [1.807, 2.05) is 41.8 Å². The van der Waals surface area contributed by atoms with E-state index in [2.05, 4.69) is 40.4 Å². The Labute approximate surface area is 131 Å². The topological polar surface area (TPSA) is 41.1 Å². The van der Waals surface area contributed by atoms with E-state index in [1.54, 1.807) is 11.3 Å². The first kappa shape index (κ1) is 15.1. The first-order valence-corrected chi connectivity index (χ1v) is 8.10. The van der Waals surface area contributed by atoms with E-state index in [-0.39, 0.29) is 12.1 Å². The lowest BCUT2D eigenvalue weighted by atomic mass is 10.0. The average molecular weight is 353 g/mol. The maximum Gasteiger partial charge on any atom is 0.319 e. The van der Waals surface area contributed by atoms with Gasteiger partial charge in [-0.3, -0.25) is 0 Å². The number of carbonyl (C=O) groups is 1. The van der Waals surface area contributed by atoms with E-state index in [0.29, 0.717) is 5.92 Å². The number of para-hydroxylation sites is 1. The summed E-state index contributed by atoms with van der Waals surface area (Å²) in [5.74, 6) is 0.332. The summed E-state index contributed by atoms with van der Waals surface area (Å²) < 4.78 is 0.868. The maximum absolute atomic E-state index is 12.1. The molecule has 2 rings (SSSR count). The molecule has 1 atom stereocenters. The molecule has 0 bridgehead atoms. The number of amides is 2. The molecule has 1 unspecified atom stereocenters. The van der Waals surface area contributed by atoms with E-state index in [4.69, 9.17) is 0 Å². The molecule has 0 aliphatic carbocycles. The molecule has 1 aromatic carbocycles. The van der Waals surface area contributed by atoms with Gasteiger partial charge in [0.2, 0.25) is 0 Å². The predicted octanol–water partition coefficient (Wildman–Crippen LogP) is 5.03. The number of thiophene rings is 1. The second kappa shape index (κ2) is 6.90. The van der Waals surface area contributed by atoms with Gasteiger partial charge in [-0.2, -0.15) is 0 Å². The van der Waals surface area contributed by atoms with Gasteiger partial charge in [-0.15, -0.1) is 11.3 Å². The SMILES string of the molecule is CC(C)C(NC(=O)Nc1ccccc1Br)c1cccs1. The largest absolute Gasteiger partial charge is 0.330 e. The third kappa shape index (κ3) is 3.84. The molecule has 0 saturated heterocycles. The van der Waals surface area contributed by atoms with Crippen LogP contribution in [0.3, 0.4) is 0 Å². The third-order valence-corrected chi connectivity index (χ3v) is 4.57.